The van der Waals surface area contributed by atoms with Gasteiger partial charge in [-0.2, -0.15) is 0 Å². The molecule has 2 aromatic heterocycles. The van der Waals surface area contributed by atoms with Gasteiger partial charge in [-0.3, -0.25) is 9.56 Å². The molecule has 0 aliphatic rings. The van der Waals surface area contributed by atoms with Crippen LogP contribution in [0.5, 0.6) is 0 Å². The van der Waals surface area contributed by atoms with E-state index in [9.17, 15) is 9.90 Å². The highest BCUT2D eigenvalue weighted by Crippen LogP contribution is 2.32. The number of rotatable bonds is 4. The van der Waals surface area contributed by atoms with Crippen molar-refractivity contribution < 1.29 is 14.6 Å². The maximum Gasteiger partial charge on any atom is 0.419 e. The minimum absolute atomic E-state index is 0.478. The summed E-state index contributed by atoms with van der Waals surface area (Å²) in [6, 6.07) is 7.45. The number of nitrogens with zero attached hydrogens (tertiary/aromatic N) is 3. The lowest BCUT2D eigenvalue weighted by atomic mass is 10.1. The standard InChI is InChI=1S/C21H25N3O3S/c1-6-15(22-5)16-12-28-19(23-16)18(25)14-11-24(20(26)27-21(2,3)4)17-10-8-7-9-13(14)17/h7-12,18,25H,6H2,1-5H3/b22-15-. The Kier molecular flexibility index (Phi) is 5.67. The van der Waals surface area contributed by atoms with Gasteiger partial charge in [0, 0.05) is 29.6 Å². The Morgan fingerprint density at radius 3 is 2.71 bits per heavy atom. The summed E-state index contributed by atoms with van der Waals surface area (Å²) in [6.07, 6.45) is 0.989. The van der Waals surface area contributed by atoms with Gasteiger partial charge in [0.25, 0.3) is 0 Å². The third kappa shape index (κ3) is 4.00. The number of ether oxygens (including phenoxy) is 1. The molecule has 3 rings (SSSR count). The van der Waals surface area contributed by atoms with Crippen molar-refractivity contribution in [3.63, 3.8) is 0 Å². The first-order valence-corrected chi connectivity index (χ1v) is 10.1. The molecular formula is C21H25N3O3S. The van der Waals surface area contributed by atoms with Crippen molar-refractivity contribution in [2.75, 3.05) is 7.05 Å². The highest BCUT2D eigenvalue weighted by molar-refractivity contribution is 7.10. The molecule has 148 valence electrons. The number of para-hydroxylation sites is 1. The summed E-state index contributed by atoms with van der Waals surface area (Å²) >= 11 is 1.38. The Hall–Kier alpha value is -2.51. The number of benzene rings is 1. The van der Waals surface area contributed by atoms with Gasteiger partial charge in [0.05, 0.1) is 16.9 Å². The van der Waals surface area contributed by atoms with E-state index in [1.54, 1.807) is 13.2 Å². The molecule has 0 aliphatic heterocycles. The van der Waals surface area contributed by atoms with Crippen LogP contribution in [0.25, 0.3) is 10.9 Å². The molecule has 0 radical (unpaired) electrons. The summed E-state index contributed by atoms with van der Waals surface area (Å²) in [6.45, 7) is 7.49. The van der Waals surface area contributed by atoms with Crippen LogP contribution < -0.4 is 0 Å². The molecule has 3 aromatic rings. The van der Waals surface area contributed by atoms with Crippen molar-refractivity contribution in [1.82, 2.24) is 9.55 Å². The molecule has 0 saturated heterocycles. The van der Waals surface area contributed by atoms with E-state index in [-0.39, 0.29) is 0 Å². The van der Waals surface area contributed by atoms with Crippen LogP contribution in [0.15, 0.2) is 40.8 Å². The van der Waals surface area contributed by atoms with Gasteiger partial charge >= 0.3 is 6.09 Å². The van der Waals surface area contributed by atoms with Gasteiger partial charge < -0.3 is 9.84 Å². The average molecular weight is 400 g/mol. The third-order valence-corrected chi connectivity index (χ3v) is 5.18. The third-order valence-electron chi connectivity index (χ3n) is 4.28. The topological polar surface area (TPSA) is 76.7 Å². The molecule has 7 heteroatoms. The molecule has 28 heavy (non-hydrogen) atoms. The summed E-state index contributed by atoms with van der Waals surface area (Å²) in [7, 11) is 1.74. The van der Waals surface area contributed by atoms with E-state index in [1.165, 1.54) is 15.9 Å². The van der Waals surface area contributed by atoms with Gasteiger partial charge in [0.1, 0.15) is 16.7 Å². The molecule has 0 aliphatic carbocycles. The van der Waals surface area contributed by atoms with E-state index in [2.05, 4.69) is 9.98 Å². The van der Waals surface area contributed by atoms with Crippen molar-refractivity contribution in [1.29, 1.82) is 0 Å². The van der Waals surface area contributed by atoms with Crippen LogP contribution in [0.2, 0.25) is 0 Å². The summed E-state index contributed by atoms with van der Waals surface area (Å²) in [5.41, 5.74) is 2.37. The zero-order chi connectivity index (χ0) is 20.5. The first-order chi connectivity index (χ1) is 13.2. The number of thiazole rings is 1. The van der Waals surface area contributed by atoms with E-state index in [0.29, 0.717) is 16.1 Å². The Labute approximate surface area is 168 Å². The average Bonchev–Trinajstić information content (AvgIpc) is 3.26. The van der Waals surface area contributed by atoms with Crippen LogP contribution in [-0.4, -0.2) is 39.1 Å². The van der Waals surface area contributed by atoms with Crippen LogP contribution in [0, 0.1) is 0 Å². The molecule has 0 fully saturated rings. The quantitative estimate of drug-likeness (QED) is 0.640. The van der Waals surface area contributed by atoms with Crippen molar-refractivity contribution in [3.05, 3.63) is 52.1 Å². The zero-order valence-corrected chi connectivity index (χ0v) is 17.6. The van der Waals surface area contributed by atoms with Gasteiger partial charge in [-0.15, -0.1) is 11.3 Å². The number of aliphatic hydroxyl groups excluding tert-OH is 1. The van der Waals surface area contributed by atoms with E-state index in [1.807, 2.05) is 57.3 Å². The van der Waals surface area contributed by atoms with Crippen LogP contribution in [-0.2, 0) is 4.74 Å². The Bertz CT molecular complexity index is 1030. The number of aliphatic imine (C=N–C) groups is 1. The highest BCUT2D eigenvalue weighted by Gasteiger charge is 2.25. The number of carbonyl (C=O) groups excluding carboxylic acids is 1. The fraction of sp³-hybridized carbons (Fsp3) is 0.381. The van der Waals surface area contributed by atoms with E-state index in [0.717, 1.165) is 23.2 Å². The second-order valence-corrected chi connectivity index (χ2v) is 8.34. The van der Waals surface area contributed by atoms with Gasteiger partial charge in [0.2, 0.25) is 0 Å². The molecule has 0 bridgehead atoms. The zero-order valence-electron chi connectivity index (χ0n) is 16.8. The monoisotopic (exact) mass is 399 g/mol. The number of carbonyl (C=O) groups is 1. The number of hydrogen-bond donors (Lipinski definition) is 1. The fourth-order valence-corrected chi connectivity index (χ4v) is 3.85. The minimum Gasteiger partial charge on any atom is -0.443 e. The fourth-order valence-electron chi connectivity index (χ4n) is 3.02. The SMILES string of the molecule is CC/C(=N/C)c1csc(C(O)c2cn(C(=O)OC(C)(C)C)c3ccccc23)n1. The van der Waals surface area contributed by atoms with Gasteiger partial charge in [-0.05, 0) is 33.3 Å². The molecule has 1 N–H and O–H groups in total. The van der Waals surface area contributed by atoms with Crippen molar-refractivity contribution in [3.8, 4) is 0 Å². The number of hydrogen-bond acceptors (Lipinski definition) is 6. The van der Waals surface area contributed by atoms with Gasteiger partial charge in [0.15, 0.2) is 0 Å². The largest absolute Gasteiger partial charge is 0.443 e. The van der Waals surface area contributed by atoms with Gasteiger partial charge in [-0.25, -0.2) is 9.78 Å². The summed E-state index contributed by atoms with van der Waals surface area (Å²) < 4.78 is 6.95. The van der Waals surface area contributed by atoms with E-state index < -0.39 is 17.8 Å². The number of fused-ring (bicyclic) bond motifs is 1. The molecule has 0 saturated carbocycles. The first-order valence-electron chi connectivity index (χ1n) is 9.18. The number of aliphatic hydroxyl groups is 1. The number of aromatic nitrogens is 2. The highest BCUT2D eigenvalue weighted by atomic mass is 32.1. The molecule has 1 atom stereocenters. The molecule has 0 spiro atoms. The first kappa shape index (κ1) is 20.2. The molecule has 1 unspecified atom stereocenters. The molecule has 0 amide bonds. The maximum atomic E-state index is 12.6. The van der Waals surface area contributed by atoms with Crippen molar-refractivity contribution >= 4 is 34.0 Å². The second-order valence-electron chi connectivity index (χ2n) is 7.45. The lowest BCUT2D eigenvalue weighted by molar-refractivity contribution is 0.0544. The van der Waals surface area contributed by atoms with Crippen molar-refractivity contribution in [2.45, 2.75) is 45.8 Å². The summed E-state index contributed by atoms with van der Waals surface area (Å²) in [5.74, 6) is 0. The van der Waals surface area contributed by atoms with E-state index in [4.69, 9.17) is 4.74 Å². The molecule has 6 nitrogen and oxygen atoms in total. The van der Waals surface area contributed by atoms with E-state index >= 15 is 0 Å². The van der Waals surface area contributed by atoms with Crippen LogP contribution >= 0.6 is 11.3 Å². The molecule has 1 aromatic carbocycles. The Morgan fingerprint density at radius 2 is 2.07 bits per heavy atom. The van der Waals surface area contributed by atoms with Crippen molar-refractivity contribution in [2.24, 2.45) is 4.99 Å². The van der Waals surface area contributed by atoms with Crippen LogP contribution in [0.1, 0.15) is 56.5 Å². The lowest BCUT2D eigenvalue weighted by Crippen LogP contribution is -2.26. The minimum atomic E-state index is -0.942. The van der Waals surface area contributed by atoms with Gasteiger partial charge in [-0.1, -0.05) is 25.1 Å². The lowest BCUT2D eigenvalue weighted by Gasteiger charge is -2.19. The molecular weight excluding hydrogens is 374 g/mol. The Balaban J connectivity index is 2.03. The van der Waals surface area contributed by atoms with Crippen LogP contribution in [0.4, 0.5) is 4.79 Å². The second kappa shape index (κ2) is 7.85. The predicted molar refractivity (Wildman–Crippen MR) is 112 cm³/mol. The smallest absolute Gasteiger partial charge is 0.419 e. The predicted octanol–water partition coefficient (Wildman–Crippen LogP) is 4.79. The summed E-state index contributed by atoms with van der Waals surface area (Å²) in [5, 5.41) is 14.3. The maximum absolute atomic E-state index is 12.6. The normalized spacial score (nSPS) is 13.7. The molecule has 2 heterocycles. The van der Waals surface area contributed by atoms with Crippen LogP contribution in [0.3, 0.4) is 0 Å². The summed E-state index contributed by atoms with van der Waals surface area (Å²) in [4.78, 5) is 21.5. The Morgan fingerprint density at radius 1 is 1.36 bits per heavy atom.